The third kappa shape index (κ3) is 5.06. The third-order valence-corrected chi connectivity index (χ3v) is 11.4. The molecule has 8 aromatic carbocycles. The fraction of sp³-hybridized carbons (Fsp3) is 0.0588. The second kappa shape index (κ2) is 12.0. The molecule has 2 aromatic heterocycles. The molecule has 0 bridgehead atoms. The number of benzene rings is 8. The second-order valence-corrected chi connectivity index (χ2v) is 15.1. The summed E-state index contributed by atoms with van der Waals surface area (Å²) in [5, 5.41) is 6.84. The van der Waals surface area contributed by atoms with Crippen LogP contribution < -0.4 is 0 Å². The fourth-order valence-corrected chi connectivity index (χ4v) is 8.54. The highest BCUT2D eigenvalue weighted by Crippen LogP contribution is 2.51. The van der Waals surface area contributed by atoms with Crippen LogP contribution >= 0.6 is 0 Å². The van der Waals surface area contributed by atoms with Crippen LogP contribution in [0.5, 0.6) is 0 Å². The Labute approximate surface area is 318 Å². The number of rotatable bonds is 4. The smallest absolute Gasteiger partial charge is 0.160 e. The Bertz CT molecular complexity index is 2980. The minimum Gasteiger partial charge on any atom is -0.228 e. The predicted molar refractivity (Wildman–Crippen MR) is 227 cm³/mol. The molecule has 2 heterocycles. The van der Waals surface area contributed by atoms with Crippen molar-refractivity contribution >= 4 is 43.4 Å². The molecule has 1 aliphatic rings. The van der Waals surface area contributed by atoms with Gasteiger partial charge in [-0.3, -0.25) is 0 Å². The van der Waals surface area contributed by atoms with Gasteiger partial charge in [0.1, 0.15) is 0 Å². The first-order valence-corrected chi connectivity index (χ1v) is 18.8. The average molecular weight is 703 g/mol. The molecule has 0 saturated carbocycles. The number of para-hydroxylation sites is 2. The van der Waals surface area contributed by atoms with Crippen molar-refractivity contribution in [1.82, 2.24) is 19.9 Å². The van der Waals surface area contributed by atoms with Gasteiger partial charge in [-0.15, -0.1) is 0 Å². The maximum atomic E-state index is 5.28. The first-order chi connectivity index (χ1) is 27.0. The molecule has 0 spiro atoms. The van der Waals surface area contributed by atoms with E-state index in [-0.39, 0.29) is 5.41 Å². The first kappa shape index (κ1) is 31.5. The van der Waals surface area contributed by atoms with Gasteiger partial charge in [0.25, 0.3) is 0 Å². The zero-order chi connectivity index (χ0) is 36.7. The Balaban J connectivity index is 1.02. The summed E-state index contributed by atoms with van der Waals surface area (Å²) in [6.07, 6.45) is 0. The lowest BCUT2D eigenvalue weighted by atomic mass is 9.81. The van der Waals surface area contributed by atoms with Gasteiger partial charge in [-0.2, -0.15) is 0 Å². The Morgan fingerprint density at radius 3 is 1.22 bits per heavy atom. The van der Waals surface area contributed by atoms with E-state index in [9.17, 15) is 0 Å². The predicted octanol–water partition coefficient (Wildman–Crippen LogP) is 12.9. The molecule has 0 N–H and O–H groups in total. The lowest BCUT2D eigenvalue weighted by Crippen LogP contribution is -2.15. The van der Waals surface area contributed by atoms with Crippen LogP contribution in [0.2, 0.25) is 0 Å². The van der Waals surface area contributed by atoms with Gasteiger partial charge in [0, 0.05) is 38.4 Å². The molecule has 0 atom stereocenters. The lowest BCUT2D eigenvalue weighted by Gasteiger charge is -2.23. The van der Waals surface area contributed by atoms with Crippen LogP contribution in [0.25, 0.3) is 99.8 Å². The van der Waals surface area contributed by atoms with Crippen molar-refractivity contribution in [2.75, 3.05) is 0 Å². The minimum atomic E-state index is -0.259. The topological polar surface area (TPSA) is 51.6 Å². The Kier molecular flexibility index (Phi) is 6.86. The summed E-state index contributed by atoms with van der Waals surface area (Å²) >= 11 is 0. The van der Waals surface area contributed by atoms with Gasteiger partial charge in [0.2, 0.25) is 0 Å². The molecule has 10 aromatic rings. The van der Waals surface area contributed by atoms with Gasteiger partial charge in [-0.1, -0.05) is 147 Å². The van der Waals surface area contributed by atoms with E-state index >= 15 is 0 Å². The van der Waals surface area contributed by atoms with Crippen molar-refractivity contribution in [2.24, 2.45) is 0 Å². The van der Waals surface area contributed by atoms with Crippen molar-refractivity contribution in [1.29, 1.82) is 0 Å². The number of hydrogen-bond acceptors (Lipinski definition) is 4. The highest BCUT2D eigenvalue weighted by Gasteiger charge is 2.36. The first-order valence-electron chi connectivity index (χ1n) is 18.8. The molecule has 0 unspecified atom stereocenters. The van der Waals surface area contributed by atoms with Crippen molar-refractivity contribution in [3.8, 4) is 56.4 Å². The molecule has 0 amide bonds. The van der Waals surface area contributed by atoms with Gasteiger partial charge in [0.05, 0.1) is 22.4 Å². The summed E-state index contributed by atoms with van der Waals surface area (Å²) in [7, 11) is 0. The van der Waals surface area contributed by atoms with Crippen LogP contribution in [0.3, 0.4) is 0 Å². The van der Waals surface area contributed by atoms with Crippen molar-refractivity contribution < 1.29 is 0 Å². The fourth-order valence-electron chi connectivity index (χ4n) is 8.54. The van der Waals surface area contributed by atoms with E-state index in [0.717, 1.165) is 67.1 Å². The van der Waals surface area contributed by atoms with Crippen LogP contribution in [0.4, 0.5) is 0 Å². The van der Waals surface area contributed by atoms with Crippen LogP contribution in [0.1, 0.15) is 25.0 Å². The van der Waals surface area contributed by atoms with Crippen molar-refractivity contribution in [3.63, 3.8) is 0 Å². The SMILES string of the molecule is CC1(C)c2cc(-c3nc(-c4ccc5ccccc5c4)nc4ccccc34)ccc2-c2ccc(-c3nc(-c4ccc5ccccc5c4)nc4ccccc34)cc21. The van der Waals surface area contributed by atoms with E-state index in [1.165, 1.54) is 43.8 Å². The van der Waals surface area contributed by atoms with Crippen LogP contribution in [-0.4, -0.2) is 19.9 Å². The zero-order valence-electron chi connectivity index (χ0n) is 30.5. The Morgan fingerprint density at radius 2 is 0.745 bits per heavy atom. The molecule has 0 fully saturated rings. The van der Waals surface area contributed by atoms with Gasteiger partial charge in [-0.25, -0.2) is 19.9 Å². The molecule has 1 aliphatic carbocycles. The summed E-state index contributed by atoms with van der Waals surface area (Å²) in [4.78, 5) is 20.7. The standard InChI is InChI=1S/C51H34N4/c1-51(2)43-29-35(47-41-15-7-9-17-45(41)52-49(54-47)37-21-19-31-11-3-5-13-33(31)27-37)23-25-39(43)40-26-24-36(30-44(40)51)48-42-16-8-10-18-46(42)53-50(55-48)38-22-20-32-12-4-6-14-34(32)28-38/h3-30H,1-2H3. The van der Waals surface area contributed by atoms with E-state index in [2.05, 4.69) is 184 Å². The number of aromatic nitrogens is 4. The van der Waals surface area contributed by atoms with Gasteiger partial charge in [-0.05, 0) is 80.2 Å². The summed E-state index contributed by atoms with van der Waals surface area (Å²) in [6, 6.07) is 60.2. The molecule has 258 valence electrons. The number of nitrogens with zero attached hydrogens (tertiary/aromatic N) is 4. The van der Waals surface area contributed by atoms with Gasteiger partial charge < -0.3 is 0 Å². The molecule has 0 radical (unpaired) electrons. The molecule has 0 aliphatic heterocycles. The summed E-state index contributed by atoms with van der Waals surface area (Å²) in [6.45, 7) is 4.67. The summed E-state index contributed by atoms with van der Waals surface area (Å²) in [5.74, 6) is 1.46. The molecule has 0 saturated heterocycles. The second-order valence-electron chi connectivity index (χ2n) is 15.1. The zero-order valence-corrected chi connectivity index (χ0v) is 30.5. The highest BCUT2D eigenvalue weighted by molar-refractivity contribution is 5.98. The monoisotopic (exact) mass is 702 g/mol. The Morgan fingerprint density at radius 1 is 0.345 bits per heavy atom. The minimum absolute atomic E-state index is 0.259. The average Bonchev–Trinajstić information content (AvgIpc) is 3.47. The van der Waals surface area contributed by atoms with Crippen molar-refractivity contribution in [2.45, 2.75) is 19.3 Å². The Hall–Kier alpha value is -7.04. The van der Waals surface area contributed by atoms with Gasteiger partial charge >= 0.3 is 0 Å². The van der Waals surface area contributed by atoms with E-state index in [1.54, 1.807) is 0 Å². The van der Waals surface area contributed by atoms with Gasteiger partial charge in [0.15, 0.2) is 11.6 Å². The van der Waals surface area contributed by atoms with E-state index in [4.69, 9.17) is 19.9 Å². The molecular weight excluding hydrogens is 669 g/mol. The summed E-state index contributed by atoms with van der Waals surface area (Å²) in [5.41, 5.74) is 12.8. The van der Waals surface area contributed by atoms with E-state index in [0.29, 0.717) is 0 Å². The largest absolute Gasteiger partial charge is 0.228 e. The van der Waals surface area contributed by atoms with E-state index in [1.807, 2.05) is 0 Å². The van der Waals surface area contributed by atoms with Crippen LogP contribution in [-0.2, 0) is 5.41 Å². The number of fused-ring (bicyclic) bond motifs is 7. The van der Waals surface area contributed by atoms with E-state index < -0.39 is 0 Å². The lowest BCUT2D eigenvalue weighted by molar-refractivity contribution is 0.661. The molecule has 4 nitrogen and oxygen atoms in total. The van der Waals surface area contributed by atoms with Crippen molar-refractivity contribution in [3.05, 3.63) is 181 Å². The molecule has 4 heteroatoms. The quantitative estimate of drug-likeness (QED) is 0.183. The third-order valence-electron chi connectivity index (χ3n) is 11.4. The normalized spacial score (nSPS) is 13.1. The van der Waals surface area contributed by atoms with Crippen LogP contribution in [0, 0.1) is 0 Å². The molecule has 55 heavy (non-hydrogen) atoms. The maximum Gasteiger partial charge on any atom is 0.160 e. The molecule has 11 rings (SSSR count). The van der Waals surface area contributed by atoms with Crippen LogP contribution in [0.15, 0.2) is 170 Å². The highest BCUT2D eigenvalue weighted by atomic mass is 14.9. The number of hydrogen-bond donors (Lipinski definition) is 0. The molecular formula is C51H34N4. The summed E-state index contributed by atoms with van der Waals surface area (Å²) < 4.78 is 0. The maximum absolute atomic E-state index is 5.28.